The highest BCUT2D eigenvalue weighted by Gasteiger charge is 2.31. The Morgan fingerprint density at radius 2 is 1.60 bits per heavy atom. The number of hydrogen-bond donors (Lipinski definition) is 0. The molecule has 4 rings (SSSR count). The zero-order valence-corrected chi connectivity index (χ0v) is 18.0. The molecule has 2 fully saturated rings. The Hall–Kier alpha value is -2.37. The zero-order valence-electron chi connectivity index (χ0n) is 18.0. The van der Waals surface area contributed by atoms with E-state index in [2.05, 4.69) is 53.2 Å². The van der Waals surface area contributed by atoms with E-state index in [1.54, 1.807) is 0 Å². The van der Waals surface area contributed by atoms with Crippen LogP contribution in [0.15, 0.2) is 54.6 Å². The van der Waals surface area contributed by atoms with Crippen molar-refractivity contribution in [3.05, 3.63) is 65.7 Å². The third-order valence-electron chi connectivity index (χ3n) is 6.22. The molecule has 160 valence electrons. The molecule has 5 heteroatoms. The minimum atomic E-state index is -0.293. The second kappa shape index (κ2) is 10.1. The molecule has 5 nitrogen and oxygen atoms in total. The average Bonchev–Trinajstić information content (AvgIpc) is 2.81. The summed E-state index contributed by atoms with van der Waals surface area (Å²) >= 11 is 0. The van der Waals surface area contributed by atoms with Gasteiger partial charge >= 0.3 is 0 Å². The fourth-order valence-corrected chi connectivity index (χ4v) is 4.63. The van der Waals surface area contributed by atoms with E-state index in [0.717, 1.165) is 25.2 Å². The number of para-hydroxylation sites is 1. The lowest BCUT2D eigenvalue weighted by Crippen LogP contribution is -2.46. The van der Waals surface area contributed by atoms with Gasteiger partial charge in [-0.15, -0.1) is 0 Å². The minimum absolute atomic E-state index is 0.169. The van der Waals surface area contributed by atoms with Crippen LogP contribution in [-0.2, 0) is 16.1 Å². The van der Waals surface area contributed by atoms with Gasteiger partial charge in [0.15, 0.2) is 0 Å². The van der Waals surface area contributed by atoms with Gasteiger partial charge in [-0.25, -0.2) is 0 Å². The highest BCUT2D eigenvalue weighted by molar-refractivity contribution is 5.83. The molecule has 2 aliphatic rings. The number of nitrogens with zero attached hydrogens (tertiary/aromatic N) is 3. The van der Waals surface area contributed by atoms with Crippen molar-refractivity contribution in [1.82, 2.24) is 9.80 Å². The summed E-state index contributed by atoms with van der Waals surface area (Å²) in [4.78, 5) is 20.2. The molecule has 2 aromatic carbocycles. The summed E-state index contributed by atoms with van der Waals surface area (Å²) in [6.07, 6.45) is 3.83. The summed E-state index contributed by atoms with van der Waals surface area (Å²) < 4.78 is 5.46. The fraction of sp³-hybridized carbons (Fsp3) is 0.480. The molecule has 0 unspecified atom stereocenters. The quantitative estimate of drug-likeness (QED) is 0.731. The van der Waals surface area contributed by atoms with Crippen LogP contribution < -0.4 is 4.90 Å². The topological polar surface area (TPSA) is 36.0 Å². The number of piperidine rings is 1. The molecule has 2 aliphatic heterocycles. The molecule has 0 N–H and O–H groups in total. The van der Waals surface area contributed by atoms with E-state index in [1.165, 1.54) is 30.5 Å². The average molecular weight is 408 g/mol. The van der Waals surface area contributed by atoms with Crippen molar-refractivity contribution < 1.29 is 9.53 Å². The van der Waals surface area contributed by atoms with Crippen molar-refractivity contribution in [2.75, 3.05) is 51.3 Å². The van der Waals surface area contributed by atoms with Crippen LogP contribution in [0.5, 0.6) is 0 Å². The van der Waals surface area contributed by atoms with Gasteiger partial charge in [0, 0.05) is 38.4 Å². The Kier molecular flexibility index (Phi) is 7.03. The molecule has 2 saturated heterocycles. The molecular weight excluding hydrogens is 374 g/mol. The molecule has 0 saturated carbocycles. The van der Waals surface area contributed by atoms with Crippen molar-refractivity contribution >= 4 is 11.6 Å². The van der Waals surface area contributed by atoms with Gasteiger partial charge in [0.1, 0.15) is 6.04 Å². The molecule has 1 atom stereocenters. The number of anilines is 1. The molecule has 0 aromatic heterocycles. The largest absolute Gasteiger partial charge is 0.378 e. The second-order valence-electron chi connectivity index (χ2n) is 8.34. The number of benzene rings is 2. The molecule has 0 spiro atoms. The van der Waals surface area contributed by atoms with Crippen molar-refractivity contribution in [3.63, 3.8) is 0 Å². The van der Waals surface area contributed by atoms with Gasteiger partial charge in [-0.1, -0.05) is 48.5 Å². The molecule has 30 heavy (non-hydrogen) atoms. The smallest absolute Gasteiger partial charge is 0.244 e. The summed E-state index contributed by atoms with van der Waals surface area (Å²) in [7, 11) is 2.07. The number of carbonyl (C=O) groups excluding carboxylic acids is 1. The Bertz CT molecular complexity index is 814. The third-order valence-corrected chi connectivity index (χ3v) is 6.22. The monoisotopic (exact) mass is 407 g/mol. The minimum Gasteiger partial charge on any atom is -0.378 e. The Morgan fingerprint density at radius 1 is 0.933 bits per heavy atom. The highest BCUT2D eigenvalue weighted by Crippen LogP contribution is 2.29. The van der Waals surface area contributed by atoms with Crippen molar-refractivity contribution in [1.29, 1.82) is 0 Å². The Labute approximate surface area is 180 Å². The first-order valence-corrected chi connectivity index (χ1v) is 11.2. The van der Waals surface area contributed by atoms with Crippen molar-refractivity contribution in [2.45, 2.75) is 31.8 Å². The second-order valence-corrected chi connectivity index (χ2v) is 8.34. The van der Waals surface area contributed by atoms with Gasteiger partial charge in [-0.05, 0) is 43.5 Å². The van der Waals surface area contributed by atoms with Gasteiger partial charge in [-0.2, -0.15) is 0 Å². The number of rotatable bonds is 6. The van der Waals surface area contributed by atoms with E-state index in [0.29, 0.717) is 26.3 Å². The maximum atomic E-state index is 13.5. The van der Waals surface area contributed by atoms with Crippen LogP contribution in [0.25, 0.3) is 0 Å². The first kappa shape index (κ1) is 20.9. The van der Waals surface area contributed by atoms with Crippen LogP contribution in [0.3, 0.4) is 0 Å². The Morgan fingerprint density at radius 3 is 2.33 bits per heavy atom. The summed E-state index contributed by atoms with van der Waals surface area (Å²) in [6, 6.07) is 18.6. The number of amides is 1. The summed E-state index contributed by atoms with van der Waals surface area (Å²) in [6.45, 7) is 5.55. The van der Waals surface area contributed by atoms with E-state index in [-0.39, 0.29) is 11.9 Å². The Balaban J connectivity index is 1.58. The van der Waals surface area contributed by atoms with Crippen LogP contribution in [-0.4, -0.2) is 62.1 Å². The number of likely N-dealkylation sites (N-methyl/N-ethyl adjacent to an activating group) is 1. The standard InChI is InChI=1S/C25H33N3O2/c1-26(20-22-12-6-7-13-23(22)27-14-8-3-9-15-27)24(21-10-4-2-5-11-21)25(29)28-16-18-30-19-17-28/h2,4-7,10-13,24H,3,8-9,14-20H2,1H3/t24-/m0/s1. The number of morpholine rings is 1. The van der Waals surface area contributed by atoms with Crippen LogP contribution in [0, 0.1) is 0 Å². The zero-order chi connectivity index (χ0) is 20.8. The molecule has 0 bridgehead atoms. The first-order chi connectivity index (χ1) is 14.7. The van der Waals surface area contributed by atoms with Crippen molar-refractivity contribution in [2.24, 2.45) is 0 Å². The van der Waals surface area contributed by atoms with E-state index in [9.17, 15) is 4.79 Å². The highest BCUT2D eigenvalue weighted by atomic mass is 16.5. The van der Waals surface area contributed by atoms with Crippen molar-refractivity contribution in [3.8, 4) is 0 Å². The predicted molar refractivity (Wildman–Crippen MR) is 121 cm³/mol. The van der Waals surface area contributed by atoms with Gasteiger partial charge in [0.05, 0.1) is 13.2 Å². The molecular formula is C25H33N3O2. The van der Waals surface area contributed by atoms with Gasteiger partial charge in [0.2, 0.25) is 5.91 Å². The normalized spacial score (nSPS) is 18.5. The summed E-state index contributed by atoms with van der Waals surface area (Å²) in [5.41, 5.74) is 3.65. The van der Waals surface area contributed by atoms with Gasteiger partial charge in [-0.3, -0.25) is 9.69 Å². The van der Waals surface area contributed by atoms with E-state index in [4.69, 9.17) is 4.74 Å². The van der Waals surface area contributed by atoms with Gasteiger partial charge < -0.3 is 14.5 Å². The fourth-order valence-electron chi connectivity index (χ4n) is 4.63. The molecule has 2 aromatic rings. The van der Waals surface area contributed by atoms with Crippen LogP contribution in [0.1, 0.15) is 36.4 Å². The first-order valence-electron chi connectivity index (χ1n) is 11.2. The predicted octanol–water partition coefficient (Wildman–Crippen LogP) is 3.71. The molecule has 0 radical (unpaired) electrons. The maximum Gasteiger partial charge on any atom is 0.244 e. The van der Waals surface area contributed by atoms with Crippen LogP contribution in [0.2, 0.25) is 0 Å². The number of carbonyl (C=O) groups is 1. The lowest BCUT2D eigenvalue weighted by Gasteiger charge is -2.36. The summed E-state index contributed by atoms with van der Waals surface area (Å²) in [5, 5.41) is 0. The van der Waals surface area contributed by atoms with E-state index >= 15 is 0 Å². The number of hydrogen-bond acceptors (Lipinski definition) is 4. The number of ether oxygens (including phenoxy) is 1. The van der Waals surface area contributed by atoms with E-state index in [1.807, 2.05) is 23.1 Å². The van der Waals surface area contributed by atoms with E-state index < -0.39 is 0 Å². The maximum absolute atomic E-state index is 13.5. The summed E-state index contributed by atoms with van der Waals surface area (Å²) in [5.74, 6) is 0.169. The SMILES string of the molecule is CN(Cc1ccccc1N1CCCCC1)[C@H](C(=O)N1CCOCC1)c1ccccc1. The van der Waals surface area contributed by atoms with Crippen LogP contribution in [0.4, 0.5) is 5.69 Å². The molecule has 0 aliphatic carbocycles. The lowest BCUT2D eigenvalue weighted by molar-refractivity contribution is -0.141. The third kappa shape index (κ3) is 4.85. The molecule has 1 amide bonds. The van der Waals surface area contributed by atoms with Gasteiger partial charge in [0.25, 0.3) is 0 Å². The lowest BCUT2D eigenvalue weighted by atomic mass is 10.0. The molecule has 2 heterocycles. The van der Waals surface area contributed by atoms with Crippen LogP contribution >= 0.6 is 0 Å².